The Balaban J connectivity index is 1.84. The van der Waals surface area contributed by atoms with E-state index in [1.54, 1.807) is 19.6 Å². The lowest BCUT2D eigenvalue weighted by Gasteiger charge is -2.02. The van der Waals surface area contributed by atoms with Crippen molar-refractivity contribution in [3.63, 3.8) is 0 Å². The number of hydrogen-bond acceptors (Lipinski definition) is 7. The number of nitrogens with zero attached hydrogens (tertiary/aromatic N) is 4. The van der Waals surface area contributed by atoms with Gasteiger partial charge in [0.1, 0.15) is 17.5 Å². The highest BCUT2D eigenvalue weighted by atomic mass is 32.2. The molecule has 21 heavy (non-hydrogen) atoms. The third kappa shape index (κ3) is 3.29. The molecule has 108 valence electrons. The largest absolute Gasteiger partial charge is 0.472 e. The van der Waals surface area contributed by atoms with Crippen molar-refractivity contribution in [1.29, 1.82) is 0 Å². The number of rotatable bonds is 5. The van der Waals surface area contributed by atoms with Gasteiger partial charge in [-0.1, -0.05) is 0 Å². The van der Waals surface area contributed by atoms with Gasteiger partial charge in [0.2, 0.25) is 5.16 Å². The molecule has 0 aliphatic heterocycles. The summed E-state index contributed by atoms with van der Waals surface area (Å²) < 4.78 is 10.1. The van der Waals surface area contributed by atoms with Crippen LogP contribution in [0.15, 0.2) is 39.3 Å². The van der Waals surface area contributed by atoms with Gasteiger partial charge in [-0.15, -0.1) is 5.10 Å². The summed E-state index contributed by atoms with van der Waals surface area (Å²) in [6.45, 7) is 2.25. The van der Waals surface area contributed by atoms with E-state index in [0.29, 0.717) is 23.4 Å². The Morgan fingerprint density at radius 2 is 2.24 bits per heavy atom. The first kappa shape index (κ1) is 13.8. The molecule has 0 atom stereocenters. The number of aromatic amines is 1. The van der Waals surface area contributed by atoms with Crippen molar-refractivity contribution < 1.29 is 9.15 Å². The van der Waals surface area contributed by atoms with Crippen LogP contribution in [0.1, 0.15) is 11.6 Å². The van der Waals surface area contributed by atoms with Crippen LogP contribution in [0, 0.1) is 6.92 Å². The van der Waals surface area contributed by atoms with Gasteiger partial charge in [-0.2, -0.15) is 0 Å². The first-order chi connectivity index (χ1) is 10.2. The highest BCUT2D eigenvalue weighted by Crippen LogP contribution is 2.26. The minimum absolute atomic E-state index is 0.399. The van der Waals surface area contributed by atoms with Crippen molar-refractivity contribution in [2.24, 2.45) is 0 Å². The Kier molecular flexibility index (Phi) is 3.98. The molecular formula is C13H13N5O2S. The van der Waals surface area contributed by atoms with Gasteiger partial charge in [-0.05, 0) is 30.8 Å². The van der Waals surface area contributed by atoms with E-state index in [0.717, 1.165) is 16.3 Å². The van der Waals surface area contributed by atoms with Gasteiger partial charge in [0.05, 0.1) is 18.2 Å². The number of furan rings is 1. The maximum atomic E-state index is 5.09. The Bertz CT molecular complexity index is 726. The van der Waals surface area contributed by atoms with Crippen LogP contribution in [0.5, 0.6) is 0 Å². The minimum Gasteiger partial charge on any atom is -0.472 e. The predicted octanol–water partition coefficient (Wildman–Crippen LogP) is 2.46. The third-order valence-corrected chi connectivity index (χ3v) is 3.40. The van der Waals surface area contributed by atoms with Crippen molar-refractivity contribution in [2.45, 2.75) is 23.7 Å². The molecule has 0 unspecified atom stereocenters. The molecule has 0 spiro atoms. The normalized spacial score (nSPS) is 11.0. The molecule has 3 heterocycles. The average molecular weight is 303 g/mol. The predicted molar refractivity (Wildman–Crippen MR) is 75.7 cm³/mol. The van der Waals surface area contributed by atoms with Crippen LogP contribution in [-0.4, -0.2) is 32.3 Å². The molecule has 0 bridgehead atoms. The molecule has 0 aliphatic carbocycles. The summed E-state index contributed by atoms with van der Waals surface area (Å²) >= 11 is 1.37. The molecule has 0 aromatic carbocycles. The lowest BCUT2D eigenvalue weighted by molar-refractivity contribution is 0.178. The van der Waals surface area contributed by atoms with E-state index < -0.39 is 0 Å². The van der Waals surface area contributed by atoms with Crippen LogP contribution in [-0.2, 0) is 11.3 Å². The summed E-state index contributed by atoms with van der Waals surface area (Å²) in [6, 6.07) is 3.74. The number of H-pyrrole nitrogens is 1. The Morgan fingerprint density at radius 1 is 1.33 bits per heavy atom. The van der Waals surface area contributed by atoms with Gasteiger partial charge in [0.15, 0.2) is 5.82 Å². The van der Waals surface area contributed by atoms with Gasteiger partial charge in [-0.25, -0.2) is 15.0 Å². The molecule has 0 saturated carbocycles. The van der Waals surface area contributed by atoms with Crippen molar-refractivity contribution in [2.75, 3.05) is 7.11 Å². The van der Waals surface area contributed by atoms with Crippen LogP contribution in [0.25, 0.3) is 11.3 Å². The zero-order valence-corrected chi connectivity index (χ0v) is 12.3. The number of hydrogen-bond donors (Lipinski definition) is 1. The second-order valence-electron chi connectivity index (χ2n) is 4.25. The molecule has 0 saturated heterocycles. The van der Waals surface area contributed by atoms with E-state index >= 15 is 0 Å². The lowest BCUT2D eigenvalue weighted by atomic mass is 10.2. The zero-order valence-electron chi connectivity index (χ0n) is 11.5. The average Bonchev–Trinajstić information content (AvgIpc) is 3.10. The molecule has 0 aliphatic rings. The molecule has 0 amide bonds. The molecule has 0 fully saturated rings. The maximum absolute atomic E-state index is 5.09. The minimum atomic E-state index is 0.399. The maximum Gasteiger partial charge on any atom is 0.214 e. The van der Waals surface area contributed by atoms with Crippen molar-refractivity contribution >= 4 is 11.8 Å². The fraction of sp³-hybridized carbons (Fsp3) is 0.231. The summed E-state index contributed by atoms with van der Waals surface area (Å²) in [4.78, 5) is 13.1. The van der Waals surface area contributed by atoms with Crippen molar-refractivity contribution in [3.05, 3.63) is 36.3 Å². The van der Waals surface area contributed by atoms with Crippen LogP contribution in [0.2, 0.25) is 0 Å². The van der Waals surface area contributed by atoms with Gasteiger partial charge < -0.3 is 9.15 Å². The zero-order chi connectivity index (χ0) is 14.7. The van der Waals surface area contributed by atoms with E-state index in [2.05, 4.69) is 25.1 Å². The van der Waals surface area contributed by atoms with Crippen LogP contribution in [0.4, 0.5) is 0 Å². The second-order valence-corrected chi connectivity index (χ2v) is 5.24. The van der Waals surface area contributed by atoms with Crippen LogP contribution >= 0.6 is 11.8 Å². The molecule has 8 heteroatoms. The quantitative estimate of drug-likeness (QED) is 0.724. The van der Waals surface area contributed by atoms with Crippen LogP contribution in [0.3, 0.4) is 0 Å². The lowest BCUT2D eigenvalue weighted by Crippen LogP contribution is -1.93. The van der Waals surface area contributed by atoms with E-state index in [1.807, 2.05) is 19.1 Å². The summed E-state index contributed by atoms with van der Waals surface area (Å²) in [5.41, 5.74) is 1.73. The number of ether oxygens (including phenoxy) is 1. The molecule has 1 N–H and O–H groups in total. The Morgan fingerprint density at radius 3 is 3.00 bits per heavy atom. The molecule has 0 radical (unpaired) electrons. The summed E-state index contributed by atoms with van der Waals surface area (Å²) in [5.74, 6) is 1.37. The summed E-state index contributed by atoms with van der Waals surface area (Å²) in [7, 11) is 1.61. The molecule has 7 nitrogen and oxygen atoms in total. The second kappa shape index (κ2) is 6.06. The first-order valence-electron chi connectivity index (χ1n) is 6.21. The highest BCUT2D eigenvalue weighted by molar-refractivity contribution is 7.99. The number of nitrogens with one attached hydrogen (secondary N) is 1. The van der Waals surface area contributed by atoms with Crippen molar-refractivity contribution in [3.8, 4) is 11.3 Å². The first-order valence-corrected chi connectivity index (χ1v) is 7.02. The van der Waals surface area contributed by atoms with E-state index in [1.165, 1.54) is 11.8 Å². The highest BCUT2D eigenvalue weighted by Gasteiger charge is 2.10. The molecule has 3 rings (SSSR count). The summed E-state index contributed by atoms with van der Waals surface area (Å²) in [6.07, 6.45) is 3.27. The topological polar surface area (TPSA) is 89.7 Å². The summed E-state index contributed by atoms with van der Waals surface area (Å²) in [5, 5.41) is 8.31. The van der Waals surface area contributed by atoms with E-state index in [4.69, 9.17) is 9.15 Å². The monoisotopic (exact) mass is 303 g/mol. The molecular weight excluding hydrogens is 290 g/mol. The van der Waals surface area contributed by atoms with Gasteiger partial charge in [-0.3, -0.25) is 5.10 Å². The molecule has 3 aromatic rings. The van der Waals surface area contributed by atoms with E-state index in [9.17, 15) is 0 Å². The smallest absolute Gasteiger partial charge is 0.214 e. The Labute approximate surface area is 125 Å². The fourth-order valence-corrected chi connectivity index (χ4v) is 2.55. The SMILES string of the molecule is COCc1nc(Sc2cc(-c3ccoc3)nc(C)n2)n[nH]1. The third-order valence-electron chi connectivity index (χ3n) is 2.62. The number of aromatic nitrogens is 5. The number of methoxy groups -OCH3 is 1. The van der Waals surface area contributed by atoms with Crippen LogP contribution < -0.4 is 0 Å². The standard InChI is InChI=1S/C13H13N5O2S/c1-8-14-10(9-3-4-20-6-9)5-12(15-8)21-13-16-11(7-19-2)17-18-13/h3-6H,7H2,1-2H3,(H,16,17,18). The van der Waals surface area contributed by atoms with Crippen molar-refractivity contribution in [1.82, 2.24) is 25.1 Å². The van der Waals surface area contributed by atoms with Gasteiger partial charge in [0.25, 0.3) is 0 Å². The Hall–Kier alpha value is -2.19. The molecule has 3 aromatic heterocycles. The number of aryl methyl sites for hydroxylation is 1. The van der Waals surface area contributed by atoms with Gasteiger partial charge >= 0.3 is 0 Å². The van der Waals surface area contributed by atoms with E-state index in [-0.39, 0.29) is 0 Å². The fourth-order valence-electron chi connectivity index (χ4n) is 1.77. The van der Waals surface area contributed by atoms with Gasteiger partial charge in [0, 0.05) is 12.7 Å².